The molecule has 0 aliphatic rings. The van der Waals surface area contributed by atoms with Gasteiger partial charge in [0.2, 0.25) is 0 Å². The molecule has 2 rings (SSSR count). The van der Waals surface area contributed by atoms with Gasteiger partial charge in [-0.3, -0.25) is 10.1 Å². The third-order valence-corrected chi connectivity index (χ3v) is 5.37. The molecule has 0 saturated carbocycles. The number of rotatable bonds is 8. The maximum absolute atomic E-state index is 12.9. The quantitative estimate of drug-likeness (QED) is 0.276. The molecule has 1 amide bonds. The first-order chi connectivity index (χ1) is 14.6. The number of unbranched alkanes of at least 4 members (excludes halogenated alkanes) is 3. The average Bonchev–Trinajstić information content (AvgIpc) is 2.69. The molecule has 0 aliphatic carbocycles. The van der Waals surface area contributed by atoms with E-state index in [1.165, 1.54) is 0 Å². The van der Waals surface area contributed by atoms with Gasteiger partial charge in [0, 0.05) is 5.56 Å². The number of carbonyl (C=O) groups excluding carboxylic acids is 1. The molecule has 31 heavy (non-hydrogen) atoms. The fraction of sp³-hybridized carbons (Fsp3) is 0.333. The third kappa shape index (κ3) is 7.97. The molecule has 0 saturated heterocycles. The van der Waals surface area contributed by atoms with Gasteiger partial charge in [0.1, 0.15) is 5.75 Å². The van der Waals surface area contributed by atoms with Crippen LogP contribution >= 0.6 is 39.7 Å². The minimum atomic E-state index is -4.53. The van der Waals surface area contributed by atoms with E-state index < -0.39 is 17.6 Å². The van der Waals surface area contributed by atoms with E-state index in [0.717, 1.165) is 43.9 Å². The van der Waals surface area contributed by atoms with E-state index in [1.807, 2.05) is 0 Å². The Morgan fingerprint density at radius 2 is 1.90 bits per heavy atom. The van der Waals surface area contributed by atoms with Gasteiger partial charge in [0.05, 0.1) is 27.4 Å². The lowest BCUT2D eigenvalue weighted by Gasteiger charge is -2.14. The lowest BCUT2D eigenvalue weighted by molar-refractivity contribution is -0.137. The Labute approximate surface area is 197 Å². The number of halogens is 5. The zero-order valence-corrected chi connectivity index (χ0v) is 19.8. The van der Waals surface area contributed by atoms with Gasteiger partial charge in [-0.05, 0) is 71.0 Å². The number of hydrogen-bond acceptors (Lipinski definition) is 3. The van der Waals surface area contributed by atoms with Gasteiger partial charge in [-0.25, -0.2) is 0 Å². The first-order valence-electron chi connectivity index (χ1n) is 9.53. The number of anilines is 1. The molecule has 0 heterocycles. The predicted molar refractivity (Wildman–Crippen MR) is 124 cm³/mol. The van der Waals surface area contributed by atoms with E-state index in [4.69, 9.17) is 28.6 Å². The molecule has 0 aliphatic heterocycles. The van der Waals surface area contributed by atoms with Crippen LogP contribution in [0.25, 0.3) is 0 Å². The fourth-order valence-electron chi connectivity index (χ4n) is 2.60. The van der Waals surface area contributed by atoms with Crippen molar-refractivity contribution in [3.63, 3.8) is 0 Å². The second-order valence-corrected chi connectivity index (χ2v) is 8.32. The number of benzene rings is 2. The van der Waals surface area contributed by atoms with Crippen LogP contribution in [0.1, 0.15) is 48.5 Å². The van der Waals surface area contributed by atoms with E-state index in [0.29, 0.717) is 22.4 Å². The van der Waals surface area contributed by atoms with Crippen molar-refractivity contribution in [1.82, 2.24) is 5.32 Å². The third-order valence-electron chi connectivity index (χ3n) is 4.22. The summed E-state index contributed by atoms with van der Waals surface area (Å²) < 4.78 is 45.0. The lowest BCUT2D eigenvalue weighted by Crippen LogP contribution is -2.34. The number of alkyl halides is 3. The summed E-state index contributed by atoms with van der Waals surface area (Å²) in [6.45, 7) is 2.71. The summed E-state index contributed by atoms with van der Waals surface area (Å²) in [6, 6.07) is 7.61. The molecule has 2 aromatic carbocycles. The van der Waals surface area contributed by atoms with Crippen molar-refractivity contribution in [2.24, 2.45) is 0 Å². The Morgan fingerprint density at radius 1 is 1.16 bits per heavy atom. The van der Waals surface area contributed by atoms with Gasteiger partial charge in [-0.1, -0.05) is 37.8 Å². The number of nitrogens with one attached hydrogen (secondary N) is 2. The minimum Gasteiger partial charge on any atom is -0.492 e. The van der Waals surface area contributed by atoms with E-state index in [-0.39, 0.29) is 15.8 Å². The molecule has 0 fully saturated rings. The summed E-state index contributed by atoms with van der Waals surface area (Å²) in [5.41, 5.74) is -0.651. The highest BCUT2D eigenvalue weighted by Gasteiger charge is 2.31. The van der Waals surface area contributed by atoms with Crippen LogP contribution in [0.4, 0.5) is 18.9 Å². The van der Waals surface area contributed by atoms with Crippen molar-refractivity contribution in [1.29, 1.82) is 0 Å². The van der Waals surface area contributed by atoms with Gasteiger partial charge in [-0.2, -0.15) is 13.2 Å². The smallest absolute Gasteiger partial charge is 0.416 e. The summed E-state index contributed by atoms with van der Waals surface area (Å²) in [5, 5.41) is 4.80. The Hall–Kier alpha value is -1.84. The Bertz CT molecular complexity index is 941. The van der Waals surface area contributed by atoms with E-state index in [9.17, 15) is 18.0 Å². The lowest BCUT2D eigenvalue weighted by atomic mass is 10.2. The molecule has 0 radical (unpaired) electrons. The van der Waals surface area contributed by atoms with Crippen LogP contribution in [0, 0.1) is 0 Å². The highest BCUT2D eigenvalue weighted by Crippen LogP contribution is 2.33. The highest BCUT2D eigenvalue weighted by atomic mass is 79.9. The zero-order chi connectivity index (χ0) is 23.0. The summed E-state index contributed by atoms with van der Waals surface area (Å²) >= 11 is 14.3. The van der Waals surface area contributed by atoms with E-state index in [1.54, 1.807) is 18.2 Å². The Kier molecular flexibility index (Phi) is 9.58. The van der Waals surface area contributed by atoms with Gasteiger partial charge in [0.15, 0.2) is 5.11 Å². The van der Waals surface area contributed by atoms with Gasteiger partial charge in [0.25, 0.3) is 5.91 Å². The molecule has 10 heteroatoms. The number of carbonyl (C=O) groups is 1. The average molecular weight is 538 g/mol. The molecular weight excluding hydrogens is 517 g/mol. The Balaban J connectivity index is 1.97. The molecule has 2 aromatic rings. The summed E-state index contributed by atoms with van der Waals surface area (Å²) in [4.78, 5) is 12.4. The van der Waals surface area contributed by atoms with Crippen molar-refractivity contribution < 1.29 is 22.7 Å². The maximum atomic E-state index is 12.9. The summed E-state index contributed by atoms with van der Waals surface area (Å²) in [6.07, 6.45) is -0.193. The summed E-state index contributed by atoms with van der Waals surface area (Å²) in [7, 11) is 0. The Morgan fingerprint density at radius 3 is 2.55 bits per heavy atom. The molecule has 4 nitrogen and oxygen atoms in total. The van der Waals surface area contributed by atoms with Crippen LogP contribution in [-0.2, 0) is 6.18 Å². The second kappa shape index (κ2) is 11.7. The fourth-order valence-corrected chi connectivity index (χ4v) is 3.46. The van der Waals surface area contributed by atoms with Crippen LogP contribution < -0.4 is 15.4 Å². The molecule has 2 N–H and O–H groups in total. The van der Waals surface area contributed by atoms with E-state index in [2.05, 4.69) is 33.5 Å². The van der Waals surface area contributed by atoms with Crippen molar-refractivity contribution in [2.75, 3.05) is 11.9 Å². The normalized spacial score (nSPS) is 11.2. The number of thiocarbonyl (C=S) groups is 1. The highest BCUT2D eigenvalue weighted by molar-refractivity contribution is 9.10. The zero-order valence-electron chi connectivity index (χ0n) is 16.6. The molecule has 0 aromatic heterocycles. The largest absolute Gasteiger partial charge is 0.492 e. The first kappa shape index (κ1) is 25.4. The van der Waals surface area contributed by atoms with Gasteiger partial charge < -0.3 is 10.1 Å². The van der Waals surface area contributed by atoms with Crippen LogP contribution in [0.2, 0.25) is 5.02 Å². The molecule has 0 atom stereocenters. The molecule has 0 spiro atoms. The molecular formula is C21H21BrClF3N2O2S. The predicted octanol–water partition coefficient (Wildman–Crippen LogP) is 7.21. The van der Waals surface area contributed by atoms with Gasteiger partial charge in [-0.15, -0.1) is 0 Å². The minimum absolute atomic E-state index is 0.0350. The number of hydrogen-bond donors (Lipinski definition) is 2. The summed E-state index contributed by atoms with van der Waals surface area (Å²) in [5.74, 6) is 0.0836. The van der Waals surface area contributed by atoms with E-state index >= 15 is 0 Å². The van der Waals surface area contributed by atoms with Crippen molar-refractivity contribution in [3.05, 3.63) is 57.0 Å². The maximum Gasteiger partial charge on any atom is 0.416 e. The monoisotopic (exact) mass is 536 g/mol. The molecule has 0 bridgehead atoms. The molecule has 0 unspecified atom stereocenters. The van der Waals surface area contributed by atoms with Crippen molar-refractivity contribution in [2.45, 2.75) is 38.8 Å². The SMILES string of the molecule is CCCCCCOc1ccc(C(=O)NC(=S)Nc2cc(C(F)(F)F)ccc2Cl)cc1Br. The molecule has 168 valence electrons. The van der Waals surface area contributed by atoms with Crippen molar-refractivity contribution >= 4 is 56.5 Å². The first-order valence-corrected chi connectivity index (χ1v) is 11.1. The van der Waals surface area contributed by atoms with Gasteiger partial charge >= 0.3 is 6.18 Å². The van der Waals surface area contributed by atoms with Crippen molar-refractivity contribution in [3.8, 4) is 5.75 Å². The number of ether oxygens (including phenoxy) is 1. The van der Waals surface area contributed by atoms with Crippen LogP contribution in [0.5, 0.6) is 5.75 Å². The van der Waals surface area contributed by atoms with Crippen LogP contribution in [0.3, 0.4) is 0 Å². The second-order valence-electron chi connectivity index (χ2n) is 6.65. The van der Waals surface area contributed by atoms with Crippen LogP contribution in [-0.4, -0.2) is 17.6 Å². The van der Waals surface area contributed by atoms with Crippen LogP contribution in [0.15, 0.2) is 40.9 Å². The topological polar surface area (TPSA) is 50.4 Å². The standard InChI is InChI=1S/C21H21BrClF3N2O2S/c1-2-3-4-5-10-30-18-9-6-13(11-15(18)22)19(29)28-20(31)27-17-12-14(21(24,25)26)7-8-16(17)23/h6-9,11-12H,2-5,10H2,1H3,(H2,27,28,29,31). The number of amides is 1.